The highest BCUT2D eigenvalue weighted by atomic mass is 35.5. The average molecular weight is 441 g/mol. The van der Waals surface area contributed by atoms with Crippen molar-refractivity contribution in [3.05, 3.63) is 78.4 Å². The molecular weight excluding hydrogens is 416 g/mol. The quantitative estimate of drug-likeness (QED) is 0.349. The summed E-state index contributed by atoms with van der Waals surface area (Å²) in [5, 5.41) is 9.80. The first-order valence-electron chi connectivity index (χ1n) is 9.86. The fourth-order valence-corrected chi connectivity index (χ4v) is 3.23. The zero-order chi connectivity index (χ0) is 20.8. The molecule has 0 atom stereocenters. The van der Waals surface area contributed by atoms with Crippen molar-refractivity contribution in [3.63, 3.8) is 0 Å². The van der Waals surface area contributed by atoms with E-state index >= 15 is 0 Å². The second-order valence-corrected chi connectivity index (χ2v) is 6.93. The van der Waals surface area contributed by atoms with E-state index in [2.05, 4.69) is 9.88 Å². The number of aromatic nitrogens is 1. The zero-order valence-corrected chi connectivity index (χ0v) is 18.0. The molecule has 6 nitrogen and oxygen atoms in total. The zero-order valence-electron chi connectivity index (χ0n) is 17.2. The maximum atomic E-state index is 9.80. The largest absolute Gasteiger partial charge is 0.508 e. The van der Waals surface area contributed by atoms with Gasteiger partial charge in [0, 0.05) is 13.1 Å². The Balaban J connectivity index is 0.00000272. The number of phenolic OH excluding ortho intramolecular Hbond substituents is 1. The molecule has 0 radical (unpaired) electrons. The van der Waals surface area contributed by atoms with Crippen LogP contribution in [0.15, 0.2) is 77.2 Å². The summed E-state index contributed by atoms with van der Waals surface area (Å²) < 4.78 is 17.0. The Kier molecular flexibility index (Phi) is 7.62. The van der Waals surface area contributed by atoms with Crippen LogP contribution in [0.1, 0.15) is 12.0 Å². The van der Waals surface area contributed by atoms with Gasteiger partial charge in [0.15, 0.2) is 5.58 Å². The first-order chi connectivity index (χ1) is 14.7. The third-order valence-electron chi connectivity index (χ3n) is 4.74. The molecule has 0 aliphatic rings. The van der Waals surface area contributed by atoms with E-state index in [1.54, 1.807) is 19.2 Å². The van der Waals surface area contributed by atoms with Crippen molar-refractivity contribution in [2.75, 3.05) is 25.2 Å². The predicted octanol–water partition coefficient (Wildman–Crippen LogP) is 5.44. The Hall–Kier alpha value is -3.38. The number of nitrogens with zero attached hydrogens (tertiary/aromatic N) is 2. The molecule has 0 bridgehead atoms. The number of fused-ring (bicyclic) bond motifs is 1. The van der Waals surface area contributed by atoms with Crippen molar-refractivity contribution in [2.24, 2.45) is 0 Å². The number of anilines is 1. The number of methoxy groups -OCH3 is 1. The van der Waals surface area contributed by atoms with Gasteiger partial charge in [-0.05, 0) is 60.5 Å². The Bertz CT molecular complexity index is 1070. The molecule has 0 spiro atoms. The Morgan fingerprint density at radius 1 is 0.968 bits per heavy atom. The molecule has 1 N–H and O–H groups in total. The molecule has 162 valence electrons. The summed E-state index contributed by atoms with van der Waals surface area (Å²) >= 11 is 0. The van der Waals surface area contributed by atoms with Crippen LogP contribution in [-0.4, -0.2) is 30.4 Å². The van der Waals surface area contributed by atoms with Crippen LogP contribution in [0.5, 0.6) is 17.2 Å². The van der Waals surface area contributed by atoms with Gasteiger partial charge in [0.1, 0.15) is 22.8 Å². The van der Waals surface area contributed by atoms with E-state index in [0.29, 0.717) is 25.7 Å². The fraction of sp³-hybridized carbons (Fsp3) is 0.208. The van der Waals surface area contributed by atoms with Crippen LogP contribution in [0.25, 0.3) is 11.1 Å². The molecule has 1 heterocycles. The van der Waals surface area contributed by atoms with Gasteiger partial charge in [-0.25, -0.2) is 0 Å². The van der Waals surface area contributed by atoms with Crippen molar-refractivity contribution >= 4 is 29.5 Å². The van der Waals surface area contributed by atoms with Gasteiger partial charge in [-0.2, -0.15) is 4.98 Å². The molecule has 31 heavy (non-hydrogen) atoms. The van der Waals surface area contributed by atoms with Crippen LogP contribution in [0.4, 0.5) is 6.01 Å². The van der Waals surface area contributed by atoms with Gasteiger partial charge in [0.2, 0.25) is 0 Å². The normalized spacial score (nSPS) is 10.5. The lowest BCUT2D eigenvalue weighted by Gasteiger charge is -2.21. The second-order valence-electron chi connectivity index (χ2n) is 6.93. The van der Waals surface area contributed by atoms with Crippen LogP contribution >= 0.6 is 12.4 Å². The number of phenols is 1. The van der Waals surface area contributed by atoms with Crippen LogP contribution in [0, 0.1) is 0 Å². The first kappa shape index (κ1) is 22.3. The van der Waals surface area contributed by atoms with Crippen LogP contribution in [-0.2, 0) is 6.54 Å². The molecule has 0 saturated carbocycles. The highest BCUT2D eigenvalue weighted by Gasteiger charge is 2.15. The minimum Gasteiger partial charge on any atom is -0.508 e. The lowest BCUT2D eigenvalue weighted by Crippen LogP contribution is -2.25. The maximum absolute atomic E-state index is 9.80. The van der Waals surface area contributed by atoms with Crippen molar-refractivity contribution < 1.29 is 19.0 Å². The molecule has 0 fully saturated rings. The average Bonchev–Trinajstić information content (AvgIpc) is 3.20. The van der Waals surface area contributed by atoms with E-state index in [0.717, 1.165) is 34.6 Å². The van der Waals surface area contributed by atoms with Crippen LogP contribution in [0.2, 0.25) is 0 Å². The van der Waals surface area contributed by atoms with Gasteiger partial charge in [0.05, 0.1) is 13.7 Å². The number of benzene rings is 3. The number of hydrogen-bond donors (Lipinski definition) is 1. The standard InChI is InChI=1S/C24H24N2O4.ClH/c1-28-20-10-12-21(13-11-20)29-15-5-14-26(17-18-6-4-7-19(27)16-18)24-25-22-8-2-3-9-23(22)30-24;/h2-4,6-13,16,27H,5,14-15,17H2,1H3;1H. The van der Waals surface area contributed by atoms with Crippen molar-refractivity contribution in [1.29, 1.82) is 0 Å². The smallest absolute Gasteiger partial charge is 0.298 e. The summed E-state index contributed by atoms with van der Waals surface area (Å²) in [6, 6.07) is 23.0. The van der Waals surface area contributed by atoms with E-state index in [1.807, 2.05) is 60.7 Å². The highest BCUT2D eigenvalue weighted by molar-refractivity contribution is 5.85. The summed E-state index contributed by atoms with van der Waals surface area (Å²) in [6.45, 7) is 1.82. The minimum absolute atomic E-state index is 0. The summed E-state index contributed by atoms with van der Waals surface area (Å²) in [7, 11) is 1.64. The summed E-state index contributed by atoms with van der Waals surface area (Å²) in [4.78, 5) is 6.69. The number of halogens is 1. The molecule has 0 saturated heterocycles. The third-order valence-corrected chi connectivity index (χ3v) is 4.74. The van der Waals surface area contributed by atoms with Crippen LogP contribution < -0.4 is 14.4 Å². The molecule has 4 rings (SSSR count). The number of oxazole rings is 1. The van der Waals surface area contributed by atoms with Gasteiger partial charge < -0.3 is 23.9 Å². The highest BCUT2D eigenvalue weighted by Crippen LogP contribution is 2.24. The Labute approximate surface area is 187 Å². The van der Waals surface area contributed by atoms with Gasteiger partial charge in [-0.3, -0.25) is 0 Å². The molecule has 4 aromatic rings. The second kappa shape index (κ2) is 10.6. The van der Waals surface area contributed by atoms with E-state index in [4.69, 9.17) is 13.9 Å². The van der Waals surface area contributed by atoms with Gasteiger partial charge in [-0.1, -0.05) is 24.3 Å². The predicted molar refractivity (Wildman–Crippen MR) is 124 cm³/mol. The molecular formula is C24H25ClN2O4. The monoisotopic (exact) mass is 440 g/mol. The molecule has 0 aliphatic heterocycles. The topological polar surface area (TPSA) is 68.0 Å². The van der Waals surface area contributed by atoms with E-state index < -0.39 is 0 Å². The molecule has 0 unspecified atom stereocenters. The molecule has 7 heteroatoms. The Morgan fingerprint density at radius 2 is 1.74 bits per heavy atom. The number of para-hydroxylation sites is 2. The molecule has 3 aromatic carbocycles. The summed E-state index contributed by atoms with van der Waals surface area (Å²) in [6.07, 6.45) is 0.781. The summed E-state index contributed by atoms with van der Waals surface area (Å²) in [5.41, 5.74) is 2.55. The van der Waals surface area contributed by atoms with Gasteiger partial charge in [-0.15, -0.1) is 12.4 Å². The van der Waals surface area contributed by atoms with Crippen LogP contribution in [0.3, 0.4) is 0 Å². The van der Waals surface area contributed by atoms with E-state index in [1.165, 1.54) is 0 Å². The van der Waals surface area contributed by atoms with E-state index in [-0.39, 0.29) is 18.2 Å². The molecule has 0 aliphatic carbocycles. The SMILES string of the molecule is COc1ccc(OCCCN(Cc2cccc(O)c2)c2nc3ccccc3o2)cc1.Cl. The Morgan fingerprint density at radius 3 is 2.48 bits per heavy atom. The number of aromatic hydroxyl groups is 1. The molecule has 0 amide bonds. The maximum Gasteiger partial charge on any atom is 0.298 e. The fourth-order valence-electron chi connectivity index (χ4n) is 3.23. The third kappa shape index (κ3) is 5.83. The minimum atomic E-state index is 0. The van der Waals surface area contributed by atoms with Crippen molar-refractivity contribution in [2.45, 2.75) is 13.0 Å². The van der Waals surface area contributed by atoms with E-state index in [9.17, 15) is 5.11 Å². The lowest BCUT2D eigenvalue weighted by molar-refractivity contribution is 0.309. The van der Waals surface area contributed by atoms with Crippen molar-refractivity contribution in [1.82, 2.24) is 4.98 Å². The lowest BCUT2D eigenvalue weighted by atomic mass is 10.2. The summed E-state index contributed by atoms with van der Waals surface area (Å²) in [5.74, 6) is 1.85. The van der Waals surface area contributed by atoms with Gasteiger partial charge >= 0.3 is 0 Å². The first-order valence-corrected chi connectivity index (χ1v) is 9.86. The number of rotatable bonds is 9. The molecule has 1 aromatic heterocycles. The van der Waals surface area contributed by atoms with Gasteiger partial charge in [0.25, 0.3) is 6.01 Å². The number of ether oxygens (including phenoxy) is 2. The number of hydrogen-bond acceptors (Lipinski definition) is 6. The van der Waals surface area contributed by atoms with Crippen molar-refractivity contribution in [3.8, 4) is 17.2 Å².